The summed E-state index contributed by atoms with van der Waals surface area (Å²) in [4.78, 5) is 24.6. The summed E-state index contributed by atoms with van der Waals surface area (Å²) < 4.78 is 6.64. The molecule has 2 heterocycles. The Balaban J connectivity index is 0.000000829. The van der Waals surface area contributed by atoms with Gasteiger partial charge in [0.2, 0.25) is 0 Å². The Kier molecular flexibility index (Phi) is 7.78. The fraction of sp³-hybridized carbons (Fsp3) is 0.429. The molecule has 0 radical (unpaired) electrons. The van der Waals surface area contributed by atoms with E-state index in [2.05, 4.69) is 17.5 Å². The third kappa shape index (κ3) is 4.14. The minimum atomic E-state index is -0.582. The van der Waals surface area contributed by atoms with E-state index in [0.717, 1.165) is 7.11 Å². The van der Waals surface area contributed by atoms with Crippen molar-refractivity contribution in [1.29, 1.82) is 0 Å². The van der Waals surface area contributed by atoms with E-state index in [1.165, 1.54) is 16.8 Å². The molecule has 1 aromatic heterocycles. The summed E-state index contributed by atoms with van der Waals surface area (Å²) in [5.74, 6) is 2.85. The van der Waals surface area contributed by atoms with Gasteiger partial charge in [-0.05, 0) is 0 Å². The minimum Gasteiger partial charge on any atom is -0.474 e. The molecule has 6 heteroatoms. The van der Waals surface area contributed by atoms with E-state index < -0.39 is 17.5 Å². The molecule has 2 unspecified atom stereocenters. The van der Waals surface area contributed by atoms with Crippen molar-refractivity contribution in [3.05, 3.63) is 45.4 Å². The molecule has 110 valence electrons. The zero-order valence-electron chi connectivity index (χ0n) is 11.9. The number of aliphatic hydroxyl groups excluding tert-OH is 1. The first kappa shape index (κ1) is 17.7. The summed E-state index contributed by atoms with van der Waals surface area (Å²) in [5.41, 5.74) is -0.984. The quantitative estimate of drug-likeness (QED) is 0.747. The molecule has 0 saturated carbocycles. The van der Waals surface area contributed by atoms with Gasteiger partial charge in [0, 0.05) is 25.8 Å². The van der Waals surface area contributed by atoms with Crippen LogP contribution < -0.4 is 11.2 Å². The molecule has 20 heavy (non-hydrogen) atoms. The Morgan fingerprint density at radius 2 is 2.10 bits per heavy atom. The summed E-state index contributed by atoms with van der Waals surface area (Å²) in [6, 6.07) is 1.25. The lowest BCUT2D eigenvalue weighted by Gasteiger charge is -2.16. The standard InChI is InChI=1S/C11H10N2O3.C2H6.CH4O/c1-3-8-6-7(2)16-10(8)13-5-4-9(14)12-11(13)15;2*1-2/h1,4-5,8,10H,2,6H2,(H,12,14,15);1-2H3;2H,1H3. The van der Waals surface area contributed by atoms with Crippen LogP contribution in [0.2, 0.25) is 0 Å². The van der Waals surface area contributed by atoms with Gasteiger partial charge in [-0.1, -0.05) is 26.3 Å². The van der Waals surface area contributed by atoms with Gasteiger partial charge >= 0.3 is 5.69 Å². The third-order valence-electron chi connectivity index (χ3n) is 2.42. The number of H-pyrrole nitrogens is 1. The highest BCUT2D eigenvalue weighted by Gasteiger charge is 2.32. The molecule has 1 fully saturated rings. The molecule has 6 nitrogen and oxygen atoms in total. The predicted octanol–water partition coefficient (Wildman–Crippen LogP) is 0.853. The number of allylic oxidation sites excluding steroid dienone is 1. The Bertz CT molecular complexity index is 580. The first-order valence-corrected chi connectivity index (χ1v) is 6.18. The average molecular weight is 280 g/mol. The van der Waals surface area contributed by atoms with E-state index in [1.54, 1.807) is 0 Å². The molecule has 0 bridgehead atoms. The number of terminal acetylenes is 1. The van der Waals surface area contributed by atoms with Crippen LogP contribution in [0.4, 0.5) is 0 Å². The maximum Gasteiger partial charge on any atom is 0.331 e. The lowest BCUT2D eigenvalue weighted by atomic mass is 10.1. The van der Waals surface area contributed by atoms with Crippen molar-refractivity contribution >= 4 is 0 Å². The molecule has 1 aliphatic heterocycles. The number of aliphatic hydroxyl groups is 1. The van der Waals surface area contributed by atoms with Crippen molar-refractivity contribution < 1.29 is 9.84 Å². The van der Waals surface area contributed by atoms with Crippen LogP contribution in [0.5, 0.6) is 0 Å². The van der Waals surface area contributed by atoms with Gasteiger partial charge < -0.3 is 9.84 Å². The van der Waals surface area contributed by atoms with Crippen molar-refractivity contribution in [2.45, 2.75) is 26.5 Å². The van der Waals surface area contributed by atoms with E-state index in [9.17, 15) is 9.59 Å². The fourth-order valence-corrected chi connectivity index (χ4v) is 1.67. The van der Waals surface area contributed by atoms with E-state index in [4.69, 9.17) is 16.3 Å². The fourth-order valence-electron chi connectivity index (χ4n) is 1.67. The van der Waals surface area contributed by atoms with Crippen molar-refractivity contribution in [2.24, 2.45) is 5.92 Å². The monoisotopic (exact) mass is 280 g/mol. The zero-order valence-corrected chi connectivity index (χ0v) is 11.9. The third-order valence-corrected chi connectivity index (χ3v) is 2.42. The number of nitrogens with zero attached hydrogens (tertiary/aromatic N) is 1. The van der Waals surface area contributed by atoms with Crippen LogP contribution in [0.1, 0.15) is 26.5 Å². The molecule has 0 amide bonds. The number of nitrogens with one attached hydrogen (secondary N) is 1. The summed E-state index contributed by atoms with van der Waals surface area (Å²) in [5, 5.41) is 7.00. The highest BCUT2D eigenvalue weighted by atomic mass is 16.5. The van der Waals surface area contributed by atoms with E-state index in [0.29, 0.717) is 12.2 Å². The largest absolute Gasteiger partial charge is 0.474 e. The first-order chi connectivity index (χ1) is 9.61. The van der Waals surface area contributed by atoms with Crippen LogP contribution in [0.25, 0.3) is 0 Å². The van der Waals surface area contributed by atoms with Crippen LogP contribution in [0.3, 0.4) is 0 Å². The maximum absolute atomic E-state index is 11.5. The van der Waals surface area contributed by atoms with Crippen LogP contribution in [-0.2, 0) is 4.74 Å². The summed E-state index contributed by atoms with van der Waals surface area (Å²) in [6.45, 7) is 7.67. The maximum atomic E-state index is 11.5. The molecular formula is C14H20N2O4. The van der Waals surface area contributed by atoms with Gasteiger partial charge in [-0.3, -0.25) is 14.3 Å². The number of rotatable bonds is 1. The van der Waals surface area contributed by atoms with Crippen LogP contribution in [-0.4, -0.2) is 21.8 Å². The lowest BCUT2D eigenvalue weighted by molar-refractivity contribution is 0.0765. The topological polar surface area (TPSA) is 84.3 Å². The number of ether oxygens (including phenoxy) is 1. The summed E-state index contributed by atoms with van der Waals surface area (Å²) >= 11 is 0. The second-order valence-corrected chi connectivity index (χ2v) is 3.54. The van der Waals surface area contributed by atoms with Crippen LogP contribution >= 0.6 is 0 Å². The molecule has 1 aliphatic rings. The Morgan fingerprint density at radius 1 is 1.50 bits per heavy atom. The molecule has 2 rings (SSSR count). The van der Waals surface area contributed by atoms with Gasteiger partial charge in [0.25, 0.3) is 5.56 Å². The van der Waals surface area contributed by atoms with E-state index >= 15 is 0 Å². The van der Waals surface area contributed by atoms with Gasteiger partial charge in [-0.2, -0.15) is 0 Å². The number of hydrogen-bond donors (Lipinski definition) is 2. The minimum absolute atomic E-state index is 0.240. The van der Waals surface area contributed by atoms with Gasteiger partial charge in [-0.15, -0.1) is 6.42 Å². The zero-order chi connectivity index (χ0) is 15.7. The highest BCUT2D eigenvalue weighted by molar-refractivity contribution is 5.08. The van der Waals surface area contributed by atoms with Crippen molar-refractivity contribution in [1.82, 2.24) is 9.55 Å². The molecule has 1 saturated heterocycles. The van der Waals surface area contributed by atoms with E-state index in [1.807, 2.05) is 13.8 Å². The van der Waals surface area contributed by atoms with Gasteiger partial charge in [-0.25, -0.2) is 4.79 Å². The molecule has 0 aromatic carbocycles. The second-order valence-electron chi connectivity index (χ2n) is 3.54. The smallest absolute Gasteiger partial charge is 0.331 e. The Hall–Kier alpha value is -2.26. The number of aromatic nitrogens is 2. The van der Waals surface area contributed by atoms with Gasteiger partial charge in [0.15, 0.2) is 6.23 Å². The van der Waals surface area contributed by atoms with Gasteiger partial charge in [0.05, 0.1) is 11.7 Å². The number of aromatic amines is 1. The summed E-state index contributed by atoms with van der Waals surface area (Å²) in [6.07, 6.45) is 6.65. The van der Waals surface area contributed by atoms with Crippen molar-refractivity contribution in [2.75, 3.05) is 7.11 Å². The second kappa shape index (κ2) is 8.77. The van der Waals surface area contributed by atoms with Gasteiger partial charge in [0.1, 0.15) is 0 Å². The van der Waals surface area contributed by atoms with Crippen molar-refractivity contribution in [3.63, 3.8) is 0 Å². The normalized spacial score (nSPS) is 19.6. The van der Waals surface area contributed by atoms with Crippen molar-refractivity contribution in [3.8, 4) is 12.3 Å². The molecule has 0 spiro atoms. The Labute approximate surface area is 117 Å². The van der Waals surface area contributed by atoms with Crippen LogP contribution in [0, 0.1) is 18.3 Å². The summed E-state index contributed by atoms with van der Waals surface area (Å²) in [7, 11) is 1.00. The first-order valence-electron chi connectivity index (χ1n) is 6.18. The molecule has 0 aliphatic carbocycles. The number of hydrogen-bond acceptors (Lipinski definition) is 4. The van der Waals surface area contributed by atoms with Crippen LogP contribution in [0.15, 0.2) is 34.2 Å². The highest BCUT2D eigenvalue weighted by Crippen LogP contribution is 2.34. The van der Waals surface area contributed by atoms with E-state index in [-0.39, 0.29) is 5.92 Å². The molecule has 2 atom stereocenters. The average Bonchev–Trinajstić information content (AvgIpc) is 2.84. The predicted molar refractivity (Wildman–Crippen MR) is 77.0 cm³/mol. The molecular weight excluding hydrogens is 260 g/mol. The molecule has 2 N–H and O–H groups in total. The SMILES string of the molecule is C#CC1CC(=C)OC1n1ccc(=O)[nH]c1=O.CC.CO. The molecule has 1 aromatic rings. The Morgan fingerprint density at radius 3 is 2.60 bits per heavy atom. The lowest BCUT2D eigenvalue weighted by Crippen LogP contribution is -2.33.